The van der Waals surface area contributed by atoms with Gasteiger partial charge in [0.1, 0.15) is 5.82 Å². The number of benzene rings is 1. The molecule has 7 heteroatoms. The molecule has 0 bridgehead atoms. The molecule has 0 aliphatic carbocycles. The van der Waals surface area contributed by atoms with Crippen LogP contribution in [0.5, 0.6) is 0 Å². The second kappa shape index (κ2) is 6.74. The van der Waals surface area contributed by atoms with Crippen molar-refractivity contribution in [3.8, 4) is 11.1 Å². The van der Waals surface area contributed by atoms with Gasteiger partial charge in [-0.25, -0.2) is 4.39 Å². The lowest BCUT2D eigenvalue weighted by Gasteiger charge is -2.27. The van der Waals surface area contributed by atoms with Gasteiger partial charge in [-0.15, -0.1) is 0 Å². The molecule has 25 heavy (non-hydrogen) atoms. The van der Waals surface area contributed by atoms with E-state index in [2.05, 4.69) is 21.7 Å². The number of rotatable bonds is 4. The largest absolute Gasteiger partial charge is 0.375 e. The van der Waals surface area contributed by atoms with E-state index in [0.29, 0.717) is 18.8 Å². The van der Waals surface area contributed by atoms with Gasteiger partial charge in [0, 0.05) is 41.7 Å². The Morgan fingerprint density at radius 2 is 2.20 bits per heavy atom. The van der Waals surface area contributed by atoms with Crippen molar-refractivity contribution in [3.05, 3.63) is 47.7 Å². The molecule has 0 spiro atoms. The first kappa shape index (κ1) is 16.5. The molecular weight excluding hydrogens is 339 g/mol. The van der Waals surface area contributed by atoms with Crippen molar-refractivity contribution in [2.24, 2.45) is 7.05 Å². The maximum atomic E-state index is 14.8. The van der Waals surface area contributed by atoms with E-state index in [9.17, 15) is 4.39 Å². The summed E-state index contributed by atoms with van der Waals surface area (Å²) in [5.74, 6) is 0.693. The zero-order chi connectivity index (χ0) is 17.4. The molecule has 2 aromatic heterocycles. The van der Waals surface area contributed by atoms with Crippen molar-refractivity contribution in [2.45, 2.75) is 19.6 Å². The second-order valence-electron chi connectivity index (χ2n) is 6.03. The molecule has 1 unspecified atom stereocenters. The normalized spacial score (nSPS) is 17.0. The van der Waals surface area contributed by atoms with Crippen molar-refractivity contribution in [1.82, 2.24) is 19.5 Å². The number of nitrogens with zero attached hydrogens (tertiary/aromatic N) is 3. The zero-order valence-electron chi connectivity index (χ0n) is 14.1. The Morgan fingerprint density at radius 3 is 3.04 bits per heavy atom. The van der Waals surface area contributed by atoms with Crippen LogP contribution >= 0.6 is 11.9 Å². The number of nitrogens with one attached hydrogen (secondary N) is 1. The van der Waals surface area contributed by atoms with Gasteiger partial charge in [0.05, 0.1) is 31.0 Å². The van der Waals surface area contributed by atoms with Crippen LogP contribution in [-0.2, 0) is 18.4 Å². The number of ether oxygens (including phenoxy) is 1. The quantitative estimate of drug-likeness (QED) is 0.722. The number of fused-ring (bicyclic) bond motifs is 2. The van der Waals surface area contributed by atoms with Gasteiger partial charge in [-0.1, -0.05) is 18.9 Å². The highest BCUT2D eigenvalue weighted by molar-refractivity contribution is 7.97. The highest BCUT2D eigenvalue weighted by Crippen LogP contribution is 2.35. The Bertz CT molecular complexity index is 927. The van der Waals surface area contributed by atoms with Gasteiger partial charge in [-0.2, -0.15) is 5.10 Å². The number of hydrogen-bond donors (Lipinski definition) is 1. The summed E-state index contributed by atoms with van der Waals surface area (Å²) in [5.41, 5.74) is 4.28. The van der Waals surface area contributed by atoms with E-state index in [1.165, 1.54) is 6.07 Å². The van der Waals surface area contributed by atoms with Crippen LogP contribution in [0.25, 0.3) is 22.0 Å². The van der Waals surface area contributed by atoms with Crippen molar-refractivity contribution in [3.63, 3.8) is 0 Å². The van der Waals surface area contributed by atoms with E-state index in [0.717, 1.165) is 33.3 Å². The molecule has 3 heterocycles. The molecule has 1 atom stereocenters. The fourth-order valence-electron chi connectivity index (χ4n) is 3.23. The van der Waals surface area contributed by atoms with Crippen molar-refractivity contribution in [1.29, 1.82) is 0 Å². The van der Waals surface area contributed by atoms with Gasteiger partial charge in [-0.3, -0.25) is 14.4 Å². The standard InChI is InChI=1S/C18H19FN4OS/c1-3-25-22-17-10-24-9-15-13(7-20-8-14(15)17)12-5-18-11(4-16(12)19)6-21-23(18)2/h4-8,17,22H,3,9-10H2,1-2H3. The SMILES string of the molecule is CCSNC1COCc2c(-c3cc4c(cnn4C)cc3F)cncc21. The van der Waals surface area contributed by atoms with Gasteiger partial charge in [0.15, 0.2) is 0 Å². The van der Waals surface area contributed by atoms with Crippen molar-refractivity contribution in [2.75, 3.05) is 12.4 Å². The molecular formula is C18H19FN4OS. The van der Waals surface area contributed by atoms with Gasteiger partial charge in [-0.05, 0) is 23.3 Å². The lowest BCUT2D eigenvalue weighted by Crippen LogP contribution is -2.26. The van der Waals surface area contributed by atoms with Crippen molar-refractivity contribution >= 4 is 22.9 Å². The van der Waals surface area contributed by atoms with Crippen molar-refractivity contribution < 1.29 is 9.13 Å². The third-order valence-electron chi connectivity index (χ3n) is 4.49. The summed E-state index contributed by atoms with van der Waals surface area (Å²) >= 11 is 1.64. The smallest absolute Gasteiger partial charge is 0.131 e. The first-order valence-electron chi connectivity index (χ1n) is 8.22. The molecule has 3 aromatic rings. The third-order valence-corrected chi connectivity index (χ3v) is 5.23. The average Bonchev–Trinajstić information content (AvgIpc) is 2.98. The van der Waals surface area contributed by atoms with Gasteiger partial charge in [0.2, 0.25) is 0 Å². The summed E-state index contributed by atoms with van der Waals surface area (Å²) in [4.78, 5) is 4.37. The Hall–Kier alpha value is -1.96. The Balaban J connectivity index is 1.84. The number of pyridine rings is 1. The molecule has 1 aromatic carbocycles. The molecule has 0 fully saturated rings. The number of hydrogen-bond acceptors (Lipinski definition) is 5. The van der Waals surface area contributed by atoms with E-state index >= 15 is 0 Å². The second-order valence-corrected chi connectivity index (χ2v) is 7.13. The van der Waals surface area contributed by atoms with Gasteiger partial charge in [0.25, 0.3) is 0 Å². The minimum atomic E-state index is -0.270. The summed E-state index contributed by atoms with van der Waals surface area (Å²) in [5, 5.41) is 4.99. The van der Waals surface area contributed by atoms with Crippen LogP contribution in [0.3, 0.4) is 0 Å². The minimum absolute atomic E-state index is 0.0599. The minimum Gasteiger partial charge on any atom is -0.375 e. The summed E-state index contributed by atoms with van der Waals surface area (Å²) in [7, 11) is 1.85. The Kier molecular flexibility index (Phi) is 4.45. The number of aryl methyl sites for hydroxylation is 1. The van der Waals surface area contributed by atoms with Crippen LogP contribution in [-0.4, -0.2) is 27.1 Å². The fraction of sp³-hybridized carbons (Fsp3) is 0.333. The molecule has 130 valence electrons. The van der Waals surface area contributed by atoms with E-state index in [1.54, 1.807) is 29.0 Å². The first-order chi connectivity index (χ1) is 12.2. The summed E-state index contributed by atoms with van der Waals surface area (Å²) in [6.07, 6.45) is 5.25. The maximum Gasteiger partial charge on any atom is 0.131 e. The predicted octanol–water partition coefficient (Wildman–Crippen LogP) is 3.60. The molecule has 0 amide bonds. The van der Waals surface area contributed by atoms with E-state index in [1.807, 2.05) is 19.3 Å². The molecule has 0 saturated heterocycles. The highest BCUT2D eigenvalue weighted by Gasteiger charge is 2.25. The zero-order valence-corrected chi connectivity index (χ0v) is 14.9. The molecule has 5 nitrogen and oxygen atoms in total. The summed E-state index contributed by atoms with van der Waals surface area (Å²) < 4.78 is 25.7. The highest BCUT2D eigenvalue weighted by atomic mass is 32.2. The lowest BCUT2D eigenvalue weighted by molar-refractivity contribution is 0.0892. The van der Waals surface area contributed by atoms with Gasteiger partial charge < -0.3 is 4.74 Å². The molecule has 1 aliphatic heterocycles. The van der Waals surface area contributed by atoms with E-state index < -0.39 is 0 Å². The maximum absolute atomic E-state index is 14.8. The topological polar surface area (TPSA) is 52.0 Å². The number of aromatic nitrogens is 3. The predicted molar refractivity (Wildman–Crippen MR) is 97.6 cm³/mol. The molecule has 4 rings (SSSR count). The molecule has 0 saturated carbocycles. The van der Waals surface area contributed by atoms with E-state index in [-0.39, 0.29) is 11.9 Å². The summed E-state index contributed by atoms with van der Waals surface area (Å²) in [6, 6.07) is 3.43. The van der Waals surface area contributed by atoms with Crippen LogP contribution < -0.4 is 4.72 Å². The Morgan fingerprint density at radius 1 is 1.32 bits per heavy atom. The van der Waals surface area contributed by atoms with Crippen LogP contribution in [0.2, 0.25) is 0 Å². The molecule has 0 radical (unpaired) electrons. The van der Waals surface area contributed by atoms with Crippen LogP contribution in [0.15, 0.2) is 30.7 Å². The monoisotopic (exact) mass is 358 g/mol. The average molecular weight is 358 g/mol. The van der Waals surface area contributed by atoms with Crippen LogP contribution in [0.4, 0.5) is 4.39 Å². The molecule has 1 aliphatic rings. The molecule has 1 N–H and O–H groups in total. The number of halogens is 1. The first-order valence-corrected chi connectivity index (χ1v) is 9.21. The summed E-state index contributed by atoms with van der Waals surface area (Å²) in [6.45, 7) is 3.15. The fourth-order valence-corrected chi connectivity index (χ4v) is 3.79. The van der Waals surface area contributed by atoms with E-state index in [4.69, 9.17) is 4.74 Å². The lowest BCUT2D eigenvalue weighted by atomic mass is 9.93. The Labute approximate surface area is 149 Å². The van der Waals surface area contributed by atoms with Crippen LogP contribution in [0, 0.1) is 5.82 Å². The third kappa shape index (κ3) is 2.92. The van der Waals surface area contributed by atoms with Crippen LogP contribution in [0.1, 0.15) is 24.1 Å². The van der Waals surface area contributed by atoms with Gasteiger partial charge >= 0.3 is 0 Å².